The van der Waals surface area contributed by atoms with Crippen molar-refractivity contribution in [3.63, 3.8) is 0 Å². The normalized spacial score (nSPS) is 17.4. The Bertz CT molecular complexity index is 557. The number of nitrogens with one attached hydrogen (secondary N) is 1. The van der Waals surface area contributed by atoms with Crippen molar-refractivity contribution in [3.8, 4) is 0 Å². The first-order valence-corrected chi connectivity index (χ1v) is 7.25. The lowest BCUT2D eigenvalue weighted by atomic mass is 9.64. The van der Waals surface area contributed by atoms with Crippen LogP contribution >= 0.6 is 0 Å². The summed E-state index contributed by atoms with van der Waals surface area (Å²) in [7, 11) is 1.29. The van der Waals surface area contributed by atoms with Crippen LogP contribution in [0.5, 0.6) is 0 Å². The van der Waals surface area contributed by atoms with Gasteiger partial charge in [0.15, 0.2) is 6.10 Å². The van der Waals surface area contributed by atoms with Gasteiger partial charge in [0.05, 0.1) is 12.0 Å². The highest BCUT2D eigenvalue weighted by molar-refractivity contribution is 5.84. The smallest absolute Gasteiger partial charge is 0.334 e. The summed E-state index contributed by atoms with van der Waals surface area (Å²) in [6, 6.07) is 6.22. The molecular formula is C16H20FNO4. The van der Waals surface area contributed by atoms with Crippen molar-refractivity contribution in [1.82, 2.24) is 5.32 Å². The molecule has 1 aliphatic carbocycles. The first-order chi connectivity index (χ1) is 10.5. The summed E-state index contributed by atoms with van der Waals surface area (Å²) in [4.78, 5) is 23.3. The molecule has 2 N–H and O–H groups in total. The average Bonchev–Trinajstić information content (AvgIpc) is 2.43. The van der Waals surface area contributed by atoms with Gasteiger partial charge in [-0.15, -0.1) is 0 Å². The number of carboxylic acid groups (broad SMARTS) is 1. The number of halogens is 1. The quantitative estimate of drug-likeness (QED) is 0.804. The summed E-state index contributed by atoms with van der Waals surface area (Å²) in [5.41, 5.74) is 0.210. The Kier molecular flexibility index (Phi) is 5.13. The molecule has 6 heteroatoms. The SMILES string of the molecule is COC(CNC(=O)C1(Cc2cccc(F)c2)CCC1)C(=O)O. The lowest BCUT2D eigenvalue weighted by molar-refractivity contribution is -0.149. The van der Waals surface area contributed by atoms with Gasteiger partial charge in [0.2, 0.25) is 5.91 Å². The van der Waals surface area contributed by atoms with E-state index in [4.69, 9.17) is 9.84 Å². The van der Waals surface area contributed by atoms with E-state index in [1.807, 2.05) is 0 Å². The molecule has 1 amide bonds. The molecule has 1 aromatic carbocycles. The second kappa shape index (κ2) is 6.87. The van der Waals surface area contributed by atoms with Crippen molar-refractivity contribution in [3.05, 3.63) is 35.6 Å². The minimum atomic E-state index is -1.12. The minimum absolute atomic E-state index is 0.0738. The molecule has 0 aliphatic heterocycles. The van der Waals surface area contributed by atoms with Crippen LogP contribution in [0.2, 0.25) is 0 Å². The third-order valence-electron chi connectivity index (χ3n) is 4.23. The number of carboxylic acids is 1. The lowest BCUT2D eigenvalue weighted by Crippen LogP contribution is -2.50. The maximum Gasteiger partial charge on any atom is 0.334 e. The molecule has 1 aromatic rings. The Labute approximate surface area is 128 Å². The van der Waals surface area contributed by atoms with Crippen molar-refractivity contribution in [1.29, 1.82) is 0 Å². The molecule has 1 saturated carbocycles. The topological polar surface area (TPSA) is 75.6 Å². The van der Waals surface area contributed by atoms with E-state index in [1.54, 1.807) is 12.1 Å². The van der Waals surface area contributed by atoms with E-state index in [2.05, 4.69) is 5.32 Å². The van der Waals surface area contributed by atoms with E-state index in [9.17, 15) is 14.0 Å². The first-order valence-electron chi connectivity index (χ1n) is 7.25. The fourth-order valence-electron chi connectivity index (χ4n) is 2.77. The highest BCUT2D eigenvalue weighted by Gasteiger charge is 2.44. The predicted molar refractivity (Wildman–Crippen MR) is 77.8 cm³/mol. The summed E-state index contributed by atoms with van der Waals surface area (Å²) in [5.74, 6) is -1.63. The lowest BCUT2D eigenvalue weighted by Gasteiger charge is -2.40. The van der Waals surface area contributed by atoms with Crippen LogP contribution in [0.4, 0.5) is 4.39 Å². The summed E-state index contributed by atoms with van der Waals surface area (Å²) < 4.78 is 18.1. The van der Waals surface area contributed by atoms with Gasteiger partial charge in [0, 0.05) is 7.11 Å². The van der Waals surface area contributed by atoms with Crippen LogP contribution < -0.4 is 5.32 Å². The van der Waals surface area contributed by atoms with Crippen molar-refractivity contribution >= 4 is 11.9 Å². The Morgan fingerprint density at radius 2 is 2.18 bits per heavy atom. The zero-order valence-corrected chi connectivity index (χ0v) is 12.5. The zero-order valence-electron chi connectivity index (χ0n) is 12.5. The fraction of sp³-hybridized carbons (Fsp3) is 0.500. The molecule has 0 bridgehead atoms. The zero-order chi connectivity index (χ0) is 16.2. The monoisotopic (exact) mass is 309 g/mol. The number of benzene rings is 1. The van der Waals surface area contributed by atoms with Crippen molar-refractivity contribution in [2.45, 2.75) is 31.8 Å². The van der Waals surface area contributed by atoms with Crippen LogP contribution in [0.25, 0.3) is 0 Å². The average molecular weight is 309 g/mol. The van der Waals surface area contributed by atoms with Gasteiger partial charge >= 0.3 is 5.97 Å². The van der Waals surface area contributed by atoms with Gasteiger partial charge in [-0.25, -0.2) is 9.18 Å². The molecule has 0 spiro atoms. The number of methoxy groups -OCH3 is 1. The van der Waals surface area contributed by atoms with Gasteiger partial charge in [0.1, 0.15) is 5.82 Å². The molecule has 1 aliphatic rings. The molecule has 5 nitrogen and oxygen atoms in total. The summed E-state index contributed by atoms with van der Waals surface area (Å²) in [5, 5.41) is 11.6. The van der Waals surface area contributed by atoms with Crippen LogP contribution in [-0.4, -0.2) is 36.7 Å². The van der Waals surface area contributed by atoms with E-state index in [1.165, 1.54) is 19.2 Å². The molecule has 120 valence electrons. The van der Waals surface area contributed by atoms with E-state index < -0.39 is 17.5 Å². The van der Waals surface area contributed by atoms with Gasteiger partial charge in [0.25, 0.3) is 0 Å². The molecule has 1 atom stereocenters. The van der Waals surface area contributed by atoms with Gasteiger partial charge in [-0.2, -0.15) is 0 Å². The van der Waals surface area contributed by atoms with Gasteiger partial charge in [-0.1, -0.05) is 18.6 Å². The largest absolute Gasteiger partial charge is 0.479 e. The van der Waals surface area contributed by atoms with E-state index in [0.717, 1.165) is 24.8 Å². The van der Waals surface area contributed by atoms with Crippen molar-refractivity contribution in [2.24, 2.45) is 5.41 Å². The summed E-state index contributed by atoms with van der Waals surface area (Å²) in [6.07, 6.45) is 1.78. The molecule has 0 aromatic heterocycles. The maximum absolute atomic E-state index is 13.3. The number of carbonyl (C=O) groups excluding carboxylic acids is 1. The van der Waals surface area contributed by atoms with Crippen molar-refractivity contribution < 1.29 is 23.8 Å². The van der Waals surface area contributed by atoms with Gasteiger partial charge < -0.3 is 15.2 Å². The van der Waals surface area contributed by atoms with Gasteiger partial charge in [-0.3, -0.25) is 4.79 Å². The number of carbonyl (C=O) groups is 2. The number of hydrogen-bond donors (Lipinski definition) is 2. The molecule has 1 fully saturated rings. The van der Waals surface area contributed by atoms with Crippen molar-refractivity contribution in [2.75, 3.05) is 13.7 Å². The number of amides is 1. The number of rotatable bonds is 7. The Balaban J connectivity index is 2.00. The number of ether oxygens (including phenoxy) is 1. The number of hydrogen-bond acceptors (Lipinski definition) is 3. The van der Waals surface area contributed by atoms with Gasteiger partial charge in [-0.05, 0) is 37.0 Å². The van der Waals surface area contributed by atoms with E-state index in [-0.39, 0.29) is 18.3 Å². The van der Waals surface area contributed by atoms with Crippen LogP contribution in [0, 0.1) is 11.2 Å². The molecule has 0 saturated heterocycles. The molecule has 2 rings (SSSR count). The number of aliphatic carboxylic acids is 1. The highest BCUT2D eigenvalue weighted by Crippen LogP contribution is 2.44. The minimum Gasteiger partial charge on any atom is -0.479 e. The summed E-state index contributed by atoms with van der Waals surface area (Å²) in [6.45, 7) is -0.0738. The van der Waals surface area contributed by atoms with Crippen LogP contribution in [0.3, 0.4) is 0 Å². The molecular weight excluding hydrogens is 289 g/mol. The Morgan fingerprint density at radius 3 is 2.68 bits per heavy atom. The first kappa shape index (κ1) is 16.4. The molecule has 22 heavy (non-hydrogen) atoms. The molecule has 1 unspecified atom stereocenters. The second-order valence-electron chi connectivity index (χ2n) is 5.71. The van der Waals surface area contributed by atoms with E-state index >= 15 is 0 Å². The Hall–Kier alpha value is -1.95. The van der Waals surface area contributed by atoms with Crippen LogP contribution in [0.1, 0.15) is 24.8 Å². The fourth-order valence-corrected chi connectivity index (χ4v) is 2.77. The predicted octanol–water partition coefficient (Wildman–Crippen LogP) is 1.75. The Morgan fingerprint density at radius 1 is 1.45 bits per heavy atom. The molecule has 0 heterocycles. The highest BCUT2D eigenvalue weighted by atomic mass is 19.1. The maximum atomic E-state index is 13.3. The third kappa shape index (κ3) is 3.62. The summed E-state index contributed by atoms with van der Waals surface area (Å²) >= 11 is 0. The van der Waals surface area contributed by atoms with Crippen LogP contribution in [0.15, 0.2) is 24.3 Å². The standard InChI is InChI=1S/C16H20FNO4/c1-22-13(14(19)20)10-18-15(21)16(6-3-7-16)9-11-4-2-5-12(17)8-11/h2,4-5,8,13H,3,6-7,9-10H2,1H3,(H,18,21)(H,19,20). The third-order valence-corrected chi connectivity index (χ3v) is 4.23. The van der Waals surface area contributed by atoms with E-state index in [0.29, 0.717) is 6.42 Å². The van der Waals surface area contributed by atoms with Crippen LogP contribution in [-0.2, 0) is 20.7 Å². The molecule has 0 radical (unpaired) electrons. The second-order valence-corrected chi connectivity index (χ2v) is 5.71.